The summed E-state index contributed by atoms with van der Waals surface area (Å²) in [6.07, 6.45) is 1.88. The second-order valence-corrected chi connectivity index (χ2v) is 6.28. The Hall–Kier alpha value is -0.580. The van der Waals surface area contributed by atoms with Crippen molar-refractivity contribution >= 4 is 34.2 Å². The molecule has 0 spiro atoms. The molecule has 1 aliphatic heterocycles. The second kappa shape index (κ2) is 8.01. The highest BCUT2D eigenvalue weighted by molar-refractivity contribution is 9.10. The lowest BCUT2D eigenvalue weighted by atomic mass is 9.92. The number of hydrogen-bond donors (Lipinski definition) is 2. The molecule has 0 aliphatic carbocycles. The topological polar surface area (TPSA) is 41.1 Å². The highest BCUT2D eigenvalue weighted by Crippen LogP contribution is 2.18. The maximum Gasteiger partial charge on any atom is 0.223 e. The van der Waals surface area contributed by atoms with Crippen LogP contribution in [0.3, 0.4) is 0 Å². The van der Waals surface area contributed by atoms with Crippen LogP contribution in [-0.2, 0) is 11.3 Å². The molecule has 5 heteroatoms. The maximum atomic E-state index is 12.1. The average Bonchev–Trinajstić information content (AvgIpc) is 2.37. The van der Waals surface area contributed by atoms with Gasteiger partial charge in [-0.05, 0) is 56.5 Å². The molecule has 1 heterocycles. The van der Waals surface area contributed by atoms with Crippen molar-refractivity contribution < 1.29 is 4.79 Å². The molecule has 0 unspecified atom stereocenters. The summed E-state index contributed by atoms with van der Waals surface area (Å²) in [4.78, 5) is 12.1. The minimum absolute atomic E-state index is 0. The third-order valence-corrected chi connectivity index (χ3v) is 4.25. The molecular formula is C15H22BrClN2O. The van der Waals surface area contributed by atoms with Gasteiger partial charge >= 0.3 is 0 Å². The van der Waals surface area contributed by atoms with Gasteiger partial charge in [-0.25, -0.2) is 0 Å². The Balaban J connectivity index is 0.00000200. The molecule has 112 valence electrons. The largest absolute Gasteiger partial charge is 0.352 e. The van der Waals surface area contributed by atoms with Gasteiger partial charge in [0.25, 0.3) is 0 Å². The summed E-state index contributed by atoms with van der Waals surface area (Å²) in [5.74, 6) is 0.350. The number of aryl methyl sites for hydroxylation is 1. The van der Waals surface area contributed by atoms with Crippen LogP contribution in [0.5, 0.6) is 0 Å². The Morgan fingerprint density at radius 2 is 2.25 bits per heavy atom. The van der Waals surface area contributed by atoms with E-state index in [1.165, 1.54) is 11.1 Å². The number of piperidine rings is 1. The van der Waals surface area contributed by atoms with Gasteiger partial charge in [0.05, 0.1) is 0 Å². The first-order valence-electron chi connectivity index (χ1n) is 6.82. The number of halogens is 2. The quantitative estimate of drug-likeness (QED) is 0.868. The molecule has 0 radical (unpaired) electrons. The van der Waals surface area contributed by atoms with Crippen LogP contribution in [0.15, 0.2) is 22.7 Å². The predicted octanol–water partition coefficient (Wildman–Crippen LogP) is 3.18. The third kappa shape index (κ3) is 4.76. The van der Waals surface area contributed by atoms with Crippen molar-refractivity contribution in [1.29, 1.82) is 0 Å². The van der Waals surface area contributed by atoms with Crippen LogP contribution in [0.2, 0.25) is 0 Å². The fourth-order valence-electron chi connectivity index (χ4n) is 2.55. The molecule has 1 aliphatic rings. The van der Waals surface area contributed by atoms with E-state index < -0.39 is 0 Å². The van der Waals surface area contributed by atoms with E-state index in [-0.39, 0.29) is 24.2 Å². The van der Waals surface area contributed by atoms with Crippen LogP contribution in [0.1, 0.15) is 30.9 Å². The predicted molar refractivity (Wildman–Crippen MR) is 88.2 cm³/mol. The number of nitrogens with one attached hydrogen (secondary N) is 2. The fraction of sp³-hybridized carbons (Fsp3) is 0.533. The van der Waals surface area contributed by atoms with Gasteiger partial charge in [0.15, 0.2) is 0 Å². The summed E-state index contributed by atoms with van der Waals surface area (Å²) in [5.41, 5.74) is 2.38. The van der Waals surface area contributed by atoms with Gasteiger partial charge in [-0.1, -0.05) is 22.0 Å². The molecule has 2 N–H and O–H groups in total. The van der Waals surface area contributed by atoms with Gasteiger partial charge in [-0.15, -0.1) is 12.4 Å². The minimum atomic E-state index is 0. The molecule has 2 atom stereocenters. The minimum Gasteiger partial charge on any atom is -0.352 e. The fourth-order valence-corrected chi connectivity index (χ4v) is 3.03. The Bertz CT molecular complexity index is 467. The average molecular weight is 362 g/mol. The van der Waals surface area contributed by atoms with E-state index in [1.807, 2.05) is 6.07 Å². The van der Waals surface area contributed by atoms with Crippen molar-refractivity contribution in [1.82, 2.24) is 10.6 Å². The Labute approximate surface area is 135 Å². The van der Waals surface area contributed by atoms with Crippen LogP contribution in [0.4, 0.5) is 0 Å². The zero-order valence-electron chi connectivity index (χ0n) is 11.9. The van der Waals surface area contributed by atoms with E-state index in [4.69, 9.17) is 0 Å². The molecule has 1 saturated heterocycles. The Kier molecular flexibility index (Phi) is 7.00. The van der Waals surface area contributed by atoms with Crippen LogP contribution < -0.4 is 10.6 Å². The summed E-state index contributed by atoms with van der Waals surface area (Å²) in [6.45, 7) is 5.77. The Morgan fingerprint density at radius 1 is 1.50 bits per heavy atom. The van der Waals surface area contributed by atoms with Crippen molar-refractivity contribution in [3.05, 3.63) is 33.8 Å². The van der Waals surface area contributed by atoms with Crippen LogP contribution in [0.25, 0.3) is 0 Å². The second-order valence-electron chi connectivity index (χ2n) is 5.37. The highest BCUT2D eigenvalue weighted by atomic mass is 79.9. The summed E-state index contributed by atoms with van der Waals surface area (Å²) >= 11 is 3.45. The first-order chi connectivity index (χ1) is 9.06. The number of hydrogen-bond acceptors (Lipinski definition) is 2. The molecule has 0 saturated carbocycles. The van der Waals surface area contributed by atoms with Crippen molar-refractivity contribution in [2.45, 2.75) is 39.3 Å². The first-order valence-corrected chi connectivity index (χ1v) is 7.61. The molecule has 0 aromatic heterocycles. The summed E-state index contributed by atoms with van der Waals surface area (Å²) < 4.78 is 1.08. The van der Waals surface area contributed by atoms with Gasteiger partial charge < -0.3 is 10.6 Å². The van der Waals surface area contributed by atoms with Crippen LogP contribution in [-0.4, -0.2) is 18.5 Å². The van der Waals surface area contributed by atoms with Crippen molar-refractivity contribution in [2.24, 2.45) is 5.92 Å². The van der Waals surface area contributed by atoms with E-state index in [9.17, 15) is 4.79 Å². The van der Waals surface area contributed by atoms with Gasteiger partial charge in [-0.2, -0.15) is 0 Å². The third-order valence-electron chi connectivity index (χ3n) is 3.75. The zero-order chi connectivity index (χ0) is 13.8. The molecular weight excluding hydrogens is 340 g/mol. The Morgan fingerprint density at radius 3 is 2.90 bits per heavy atom. The normalized spacial score (nSPS) is 21.9. The monoisotopic (exact) mass is 360 g/mol. The molecule has 3 nitrogen and oxygen atoms in total. The number of amides is 1. The molecule has 1 aromatic carbocycles. The van der Waals surface area contributed by atoms with Crippen molar-refractivity contribution in [2.75, 3.05) is 6.54 Å². The number of carbonyl (C=O) groups is 1. The summed E-state index contributed by atoms with van der Waals surface area (Å²) in [7, 11) is 0. The van der Waals surface area contributed by atoms with E-state index in [2.05, 4.69) is 52.5 Å². The molecule has 20 heavy (non-hydrogen) atoms. The SMILES string of the molecule is Cc1cc(Br)ccc1CNC(=O)[C@H]1CCN[C@@H](C)C1.Cl. The van der Waals surface area contributed by atoms with Crippen LogP contribution in [0, 0.1) is 12.8 Å². The number of carbonyl (C=O) groups excluding carboxylic acids is 1. The van der Waals surface area contributed by atoms with E-state index in [0.717, 1.165) is 23.9 Å². The standard InChI is InChI=1S/C15H21BrN2O.ClH/c1-10-7-14(16)4-3-13(10)9-18-15(19)12-5-6-17-11(2)8-12;/h3-4,7,11-12,17H,5-6,8-9H2,1-2H3,(H,18,19);1H/t11-,12-;/m0./s1. The van der Waals surface area contributed by atoms with Gasteiger partial charge in [0.2, 0.25) is 5.91 Å². The zero-order valence-corrected chi connectivity index (χ0v) is 14.3. The molecule has 2 rings (SSSR count). The van der Waals surface area contributed by atoms with Gasteiger partial charge in [0, 0.05) is 23.0 Å². The lowest BCUT2D eigenvalue weighted by Crippen LogP contribution is -2.42. The van der Waals surface area contributed by atoms with E-state index >= 15 is 0 Å². The summed E-state index contributed by atoms with van der Waals surface area (Å²) in [6, 6.07) is 6.60. The van der Waals surface area contributed by atoms with E-state index in [0.29, 0.717) is 12.6 Å². The lowest BCUT2D eigenvalue weighted by molar-refractivity contribution is -0.126. The highest BCUT2D eigenvalue weighted by Gasteiger charge is 2.24. The lowest BCUT2D eigenvalue weighted by Gasteiger charge is -2.27. The maximum absolute atomic E-state index is 12.1. The molecule has 1 aromatic rings. The van der Waals surface area contributed by atoms with Gasteiger partial charge in [0.1, 0.15) is 0 Å². The number of benzene rings is 1. The molecule has 0 bridgehead atoms. The first kappa shape index (κ1) is 17.5. The molecule has 1 fully saturated rings. The molecule has 1 amide bonds. The van der Waals surface area contributed by atoms with E-state index in [1.54, 1.807) is 0 Å². The van der Waals surface area contributed by atoms with Crippen LogP contribution >= 0.6 is 28.3 Å². The smallest absolute Gasteiger partial charge is 0.223 e. The number of rotatable bonds is 3. The van der Waals surface area contributed by atoms with Crippen molar-refractivity contribution in [3.8, 4) is 0 Å². The van der Waals surface area contributed by atoms with Gasteiger partial charge in [-0.3, -0.25) is 4.79 Å². The summed E-state index contributed by atoms with van der Waals surface area (Å²) in [5, 5.41) is 6.44. The van der Waals surface area contributed by atoms with Crippen molar-refractivity contribution in [3.63, 3.8) is 0 Å².